The quantitative estimate of drug-likeness (QED) is 0.625. The standard InChI is InChI=1S/C13H16N2O5/c16-6-4-9-3-5-14(8-9)12-7-10(13(17)18)1-2-11(12)15(19)20/h1-2,7,9,16H,3-6,8H2,(H,17,18). The maximum Gasteiger partial charge on any atom is 0.335 e. The molecule has 0 spiro atoms. The smallest absolute Gasteiger partial charge is 0.335 e. The molecule has 108 valence electrons. The Morgan fingerprint density at radius 1 is 1.50 bits per heavy atom. The van der Waals surface area contributed by atoms with E-state index in [1.807, 2.05) is 4.90 Å². The predicted octanol–water partition coefficient (Wildman–Crippen LogP) is 1.50. The normalized spacial score (nSPS) is 18.2. The van der Waals surface area contributed by atoms with E-state index in [-0.39, 0.29) is 23.8 Å². The summed E-state index contributed by atoms with van der Waals surface area (Å²) in [7, 11) is 0. The molecule has 1 atom stereocenters. The lowest BCUT2D eigenvalue weighted by atomic mass is 10.1. The molecule has 1 unspecified atom stereocenters. The van der Waals surface area contributed by atoms with Crippen molar-refractivity contribution in [2.24, 2.45) is 5.92 Å². The molecule has 0 aliphatic carbocycles. The van der Waals surface area contributed by atoms with Gasteiger partial charge in [0, 0.05) is 25.8 Å². The van der Waals surface area contributed by atoms with Gasteiger partial charge in [0.25, 0.3) is 5.69 Å². The van der Waals surface area contributed by atoms with E-state index >= 15 is 0 Å². The van der Waals surface area contributed by atoms with Gasteiger partial charge in [-0.05, 0) is 30.9 Å². The van der Waals surface area contributed by atoms with E-state index in [9.17, 15) is 14.9 Å². The third-order valence-electron chi connectivity index (χ3n) is 3.58. The Balaban J connectivity index is 2.31. The highest BCUT2D eigenvalue weighted by Crippen LogP contribution is 2.33. The van der Waals surface area contributed by atoms with Crippen molar-refractivity contribution in [3.8, 4) is 0 Å². The first-order valence-corrected chi connectivity index (χ1v) is 6.40. The molecule has 1 fully saturated rings. The van der Waals surface area contributed by atoms with Gasteiger partial charge < -0.3 is 15.1 Å². The Morgan fingerprint density at radius 2 is 2.25 bits per heavy atom. The Bertz CT molecular complexity index is 531. The van der Waals surface area contributed by atoms with Gasteiger partial charge in [-0.1, -0.05) is 0 Å². The van der Waals surface area contributed by atoms with Crippen molar-refractivity contribution in [2.45, 2.75) is 12.8 Å². The van der Waals surface area contributed by atoms with Crippen LogP contribution in [0.2, 0.25) is 0 Å². The first-order valence-electron chi connectivity index (χ1n) is 6.40. The summed E-state index contributed by atoms with van der Waals surface area (Å²) in [6.45, 7) is 1.33. The maximum atomic E-state index is 11.1. The molecule has 0 amide bonds. The van der Waals surface area contributed by atoms with Crippen molar-refractivity contribution in [2.75, 3.05) is 24.6 Å². The second-order valence-electron chi connectivity index (χ2n) is 4.88. The fraction of sp³-hybridized carbons (Fsp3) is 0.462. The molecular formula is C13H16N2O5. The highest BCUT2D eigenvalue weighted by molar-refractivity contribution is 5.90. The van der Waals surface area contributed by atoms with Crippen molar-refractivity contribution in [3.05, 3.63) is 33.9 Å². The molecule has 0 saturated carbocycles. The summed E-state index contributed by atoms with van der Waals surface area (Å²) in [5.74, 6) is -0.819. The van der Waals surface area contributed by atoms with Gasteiger partial charge in [0.2, 0.25) is 0 Å². The minimum atomic E-state index is -1.10. The van der Waals surface area contributed by atoms with E-state index in [4.69, 9.17) is 10.2 Å². The molecule has 2 rings (SSSR count). The monoisotopic (exact) mass is 280 g/mol. The average molecular weight is 280 g/mol. The Labute approximate surface area is 115 Å². The zero-order chi connectivity index (χ0) is 14.7. The van der Waals surface area contributed by atoms with Crippen LogP contribution in [0, 0.1) is 16.0 Å². The number of carboxylic acid groups (broad SMARTS) is 1. The third-order valence-corrected chi connectivity index (χ3v) is 3.58. The number of anilines is 1. The molecule has 0 aromatic heterocycles. The summed E-state index contributed by atoms with van der Waals surface area (Å²) in [4.78, 5) is 23.4. The molecule has 7 nitrogen and oxygen atoms in total. The number of hydrogen-bond donors (Lipinski definition) is 2. The highest BCUT2D eigenvalue weighted by Gasteiger charge is 2.28. The van der Waals surface area contributed by atoms with Crippen LogP contribution in [0.1, 0.15) is 23.2 Å². The van der Waals surface area contributed by atoms with Crippen molar-refractivity contribution in [1.29, 1.82) is 0 Å². The van der Waals surface area contributed by atoms with E-state index in [1.54, 1.807) is 0 Å². The minimum absolute atomic E-state index is 0.0382. The molecule has 1 aliphatic rings. The number of carbonyl (C=O) groups is 1. The molecule has 1 heterocycles. The number of aromatic carboxylic acids is 1. The average Bonchev–Trinajstić information content (AvgIpc) is 2.86. The summed E-state index contributed by atoms with van der Waals surface area (Å²) in [5.41, 5.74) is 0.297. The summed E-state index contributed by atoms with van der Waals surface area (Å²) in [6.07, 6.45) is 1.50. The first-order chi connectivity index (χ1) is 9.52. The number of aliphatic hydroxyl groups excluding tert-OH is 1. The maximum absolute atomic E-state index is 11.1. The van der Waals surface area contributed by atoms with Crippen LogP contribution in [-0.4, -0.2) is 40.8 Å². The topological polar surface area (TPSA) is 104 Å². The zero-order valence-corrected chi connectivity index (χ0v) is 10.9. The second-order valence-corrected chi connectivity index (χ2v) is 4.88. The fourth-order valence-electron chi connectivity index (χ4n) is 2.53. The van der Waals surface area contributed by atoms with Gasteiger partial charge in [0.05, 0.1) is 10.5 Å². The lowest BCUT2D eigenvalue weighted by molar-refractivity contribution is -0.384. The highest BCUT2D eigenvalue weighted by atomic mass is 16.6. The molecule has 2 N–H and O–H groups in total. The Hall–Kier alpha value is -2.15. The van der Waals surface area contributed by atoms with E-state index < -0.39 is 10.9 Å². The van der Waals surface area contributed by atoms with Crippen LogP contribution in [0.5, 0.6) is 0 Å². The molecule has 1 aliphatic heterocycles. The van der Waals surface area contributed by atoms with E-state index in [0.717, 1.165) is 6.42 Å². The van der Waals surface area contributed by atoms with Crippen LogP contribution in [-0.2, 0) is 0 Å². The van der Waals surface area contributed by atoms with Crippen LogP contribution < -0.4 is 4.90 Å². The molecule has 1 aromatic rings. The molecule has 1 aromatic carbocycles. The summed E-state index contributed by atoms with van der Waals surface area (Å²) >= 11 is 0. The van der Waals surface area contributed by atoms with Crippen LogP contribution in [0.15, 0.2) is 18.2 Å². The molecule has 0 bridgehead atoms. The number of nitro groups is 1. The number of hydrogen-bond acceptors (Lipinski definition) is 5. The number of nitrogens with zero attached hydrogens (tertiary/aromatic N) is 2. The largest absolute Gasteiger partial charge is 0.478 e. The summed E-state index contributed by atoms with van der Waals surface area (Å²) in [6, 6.07) is 3.82. The lowest BCUT2D eigenvalue weighted by Crippen LogP contribution is -2.21. The lowest BCUT2D eigenvalue weighted by Gasteiger charge is -2.19. The van der Waals surface area contributed by atoms with E-state index in [0.29, 0.717) is 25.2 Å². The van der Waals surface area contributed by atoms with Gasteiger partial charge in [-0.25, -0.2) is 4.79 Å². The van der Waals surface area contributed by atoms with Gasteiger partial charge in [0.1, 0.15) is 5.69 Å². The number of nitro benzene ring substituents is 1. The van der Waals surface area contributed by atoms with Crippen LogP contribution in [0.25, 0.3) is 0 Å². The van der Waals surface area contributed by atoms with Crippen molar-refractivity contribution < 1.29 is 19.9 Å². The van der Waals surface area contributed by atoms with Crippen LogP contribution >= 0.6 is 0 Å². The molecule has 1 saturated heterocycles. The predicted molar refractivity (Wildman–Crippen MR) is 72.1 cm³/mol. The van der Waals surface area contributed by atoms with Gasteiger partial charge in [-0.2, -0.15) is 0 Å². The SMILES string of the molecule is O=C(O)c1ccc([N+](=O)[O-])c(N2CCC(CCO)C2)c1. The van der Waals surface area contributed by atoms with Crippen molar-refractivity contribution >= 4 is 17.3 Å². The number of aliphatic hydroxyl groups is 1. The van der Waals surface area contributed by atoms with Gasteiger partial charge in [-0.15, -0.1) is 0 Å². The van der Waals surface area contributed by atoms with Gasteiger partial charge >= 0.3 is 5.97 Å². The van der Waals surface area contributed by atoms with Gasteiger partial charge in [-0.3, -0.25) is 10.1 Å². The zero-order valence-electron chi connectivity index (χ0n) is 10.9. The number of rotatable bonds is 5. The minimum Gasteiger partial charge on any atom is -0.478 e. The van der Waals surface area contributed by atoms with Crippen LogP contribution in [0.3, 0.4) is 0 Å². The molecule has 20 heavy (non-hydrogen) atoms. The van der Waals surface area contributed by atoms with Crippen molar-refractivity contribution in [1.82, 2.24) is 0 Å². The Kier molecular flexibility index (Phi) is 4.19. The summed E-state index contributed by atoms with van der Waals surface area (Å²) in [5, 5.41) is 29.0. The summed E-state index contributed by atoms with van der Waals surface area (Å²) < 4.78 is 0. The number of carboxylic acids is 1. The Morgan fingerprint density at radius 3 is 2.85 bits per heavy atom. The third kappa shape index (κ3) is 2.88. The molecule has 7 heteroatoms. The first kappa shape index (κ1) is 14.3. The number of benzene rings is 1. The van der Waals surface area contributed by atoms with Crippen LogP contribution in [0.4, 0.5) is 11.4 Å². The van der Waals surface area contributed by atoms with E-state index in [1.165, 1.54) is 18.2 Å². The van der Waals surface area contributed by atoms with Gasteiger partial charge in [0.15, 0.2) is 0 Å². The molecular weight excluding hydrogens is 264 g/mol. The van der Waals surface area contributed by atoms with Crippen molar-refractivity contribution in [3.63, 3.8) is 0 Å². The second kappa shape index (κ2) is 5.87. The molecule has 0 radical (unpaired) electrons. The van der Waals surface area contributed by atoms with E-state index in [2.05, 4.69) is 0 Å². The fourth-order valence-corrected chi connectivity index (χ4v) is 2.53.